The molecule has 0 spiro atoms. The smallest absolute Gasteiger partial charge is 0.456 e. The molecule has 0 amide bonds. The molecule has 4 aromatic carbocycles. The number of ether oxygens (including phenoxy) is 2. The number of halogens is 13. The van der Waals surface area contributed by atoms with Crippen LogP contribution >= 0.6 is 11.6 Å². The second-order valence-electron chi connectivity index (χ2n) is 22.2. The van der Waals surface area contributed by atoms with Crippen LogP contribution in [0.2, 0.25) is 5.15 Å². The Morgan fingerprint density at radius 3 is 1.43 bits per heavy atom. The molecule has 500 valence electrons. The van der Waals surface area contributed by atoms with Gasteiger partial charge in [-0.05, 0) is 130 Å². The number of nitrogens with two attached hydrogens (primary N) is 1. The Bertz CT molecular complexity index is 4250. The van der Waals surface area contributed by atoms with E-state index < -0.39 is 77.8 Å². The van der Waals surface area contributed by atoms with Gasteiger partial charge in [0.15, 0.2) is 13.2 Å². The predicted molar refractivity (Wildman–Crippen MR) is 330 cm³/mol. The number of rotatable bonds is 15. The second kappa shape index (κ2) is 30.3. The van der Waals surface area contributed by atoms with Gasteiger partial charge in [-0.2, -0.15) is 43.9 Å². The summed E-state index contributed by atoms with van der Waals surface area (Å²) in [4.78, 5) is 59.7. The molecular weight excluding hydrogens is 1270 g/mol. The molecule has 6 N–H and O–H groups in total. The highest BCUT2D eigenvalue weighted by Gasteiger charge is 2.59. The van der Waals surface area contributed by atoms with E-state index in [0.717, 1.165) is 63.1 Å². The summed E-state index contributed by atoms with van der Waals surface area (Å²) in [5, 5.41) is 13.0. The van der Waals surface area contributed by atoms with E-state index in [9.17, 15) is 62.3 Å². The highest BCUT2D eigenvalue weighted by Crippen LogP contribution is 2.38. The number of hydrogen-bond donors (Lipinski definition) is 5. The molecule has 10 rings (SSSR count). The van der Waals surface area contributed by atoms with Crippen LogP contribution in [0.5, 0.6) is 11.5 Å². The highest BCUT2D eigenvalue weighted by molar-refractivity contribution is 6.33. The van der Waals surface area contributed by atoms with Gasteiger partial charge in [0.25, 0.3) is 11.1 Å². The molecule has 6 heterocycles. The minimum Gasteiger partial charge on any atom is -0.487 e. The third-order valence-corrected chi connectivity index (χ3v) is 13.4. The number of hydrogen-bond acceptors (Lipinski definition) is 14. The van der Waals surface area contributed by atoms with Crippen LogP contribution in [-0.4, -0.2) is 121 Å². The van der Waals surface area contributed by atoms with Gasteiger partial charge in [0.1, 0.15) is 80.5 Å². The predicted octanol–water partition coefficient (Wildman–Crippen LogP) is 14.2. The summed E-state index contributed by atoms with van der Waals surface area (Å²) in [6.07, 6.45) is -5.38. The van der Waals surface area contributed by atoms with Crippen molar-refractivity contribution in [1.82, 2.24) is 53.9 Å². The first-order chi connectivity index (χ1) is 43.3. The van der Waals surface area contributed by atoms with Gasteiger partial charge in [0, 0.05) is 36.6 Å². The Hall–Kier alpha value is -8.87. The first kappa shape index (κ1) is 73.2. The van der Waals surface area contributed by atoms with Gasteiger partial charge >= 0.3 is 24.2 Å². The monoisotopic (exact) mass is 1340 g/mol. The average molecular weight is 1340 g/mol. The van der Waals surface area contributed by atoms with Crippen molar-refractivity contribution in [2.24, 2.45) is 5.73 Å². The van der Waals surface area contributed by atoms with E-state index in [-0.39, 0.29) is 56.3 Å². The maximum absolute atomic E-state index is 14.7. The average Bonchev–Trinajstić information content (AvgIpc) is 1.52. The topological polar surface area (TPSA) is 233 Å². The number of fused-ring (bicyclic) bond motifs is 4. The number of aromatic amines is 2. The van der Waals surface area contributed by atoms with Crippen molar-refractivity contribution in [2.45, 2.75) is 123 Å². The first-order valence-corrected chi connectivity index (χ1v) is 28.7. The Kier molecular flexibility index (Phi) is 23.8. The molecule has 2 atom stereocenters. The van der Waals surface area contributed by atoms with E-state index in [4.69, 9.17) is 27.2 Å². The van der Waals surface area contributed by atoms with Crippen LogP contribution in [0, 0.1) is 11.6 Å². The molecule has 0 aliphatic carbocycles. The number of alkyl halides is 10. The molecule has 0 unspecified atom stereocenters. The molecular formula is C62H66ClF12N13O5. The molecule has 10 aromatic rings. The van der Waals surface area contributed by atoms with E-state index >= 15 is 0 Å². The Labute approximate surface area is 528 Å². The van der Waals surface area contributed by atoms with E-state index in [1.54, 1.807) is 46.2 Å². The van der Waals surface area contributed by atoms with E-state index in [2.05, 4.69) is 89.4 Å². The number of aliphatic hydroxyl groups is 1. The molecule has 18 nitrogen and oxygen atoms in total. The maximum Gasteiger partial charge on any atom is 0.456 e. The van der Waals surface area contributed by atoms with Gasteiger partial charge in [0.05, 0.1) is 50.9 Å². The van der Waals surface area contributed by atoms with Crippen LogP contribution in [0.4, 0.5) is 58.5 Å². The van der Waals surface area contributed by atoms with Gasteiger partial charge in [-0.15, -0.1) is 0 Å². The van der Waals surface area contributed by atoms with Crippen LogP contribution in [0.25, 0.3) is 55.2 Å². The Balaban J connectivity index is 0.000000221. The van der Waals surface area contributed by atoms with E-state index in [0.29, 0.717) is 34.1 Å². The summed E-state index contributed by atoms with van der Waals surface area (Å²) in [7, 11) is 0. The SMILES string of the molecule is CC(C)(C)O.CCN(C(C)C)C(C)C.C[C@H](N)c1nc2cccc(F)c2c(=O)n1-c1cccc(OCC(F)(F)C(F)(F)F)c1.C[C@H](Nc1ncnc2[nH]ccc12)c1nc2cccc(F)c2c(=O)n1-c1cccc(OCC(F)(F)C(F)(F)F)c1.Clc1ncnc2[nH]ccc12. The molecule has 93 heavy (non-hydrogen) atoms. The van der Waals surface area contributed by atoms with Crippen LogP contribution < -0.4 is 31.6 Å². The fraction of sp³-hybridized carbons (Fsp3) is 0.355. The normalized spacial score (nSPS) is 12.8. The van der Waals surface area contributed by atoms with Crippen LogP contribution in [0.3, 0.4) is 0 Å². The lowest BCUT2D eigenvalue weighted by Gasteiger charge is -2.28. The van der Waals surface area contributed by atoms with Crippen LogP contribution in [0.15, 0.2) is 132 Å². The molecule has 0 bridgehead atoms. The second-order valence-corrected chi connectivity index (χ2v) is 22.5. The van der Waals surface area contributed by atoms with Crippen LogP contribution in [0.1, 0.15) is 93.0 Å². The minimum atomic E-state index is -5.80. The van der Waals surface area contributed by atoms with Gasteiger partial charge in [-0.3, -0.25) is 23.6 Å². The number of anilines is 1. The lowest BCUT2D eigenvalue weighted by molar-refractivity contribution is -0.290. The van der Waals surface area contributed by atoms with Gasteiger partial charge < -0.3 is 35.6 Å². The summed E-state index contributed by atoms with van der Waals surface area (Å²) >= 11 is 5.73. The van der Waals surface area contributed by atoms with Gasteiger partial charge in [0.2, 0.25) is 0 Å². The Morgan fingerprint density at radius 1 is 0.613 bits per heavy atom. The number of nitrogens with zero attached hydrogens (tertiary/aromatic N) is 9. The third-order valence-electron chi connectivity index (χ3n) is 13.1. The van der Waals surface area contributed by atoms with Crippen molar-refractivity contribution in [1.29, 1.82) is 0 Å². The summed E-state index contributed by atoms with van der Waals surface area (Å²) in [5.41, 5.74) is 5.21. The van der Waals surface area contributed by atoms with Crippen molar-refractivity contribution in [3.05, 3.63) is 171 Å². The third kappa shape index (κ3) is 18.7. The quantitative estimate of drug-likeness (QED) is 0.0475. The fourth-order valence-electron chi connectivity index (χ4n) is 8.87. The fourth-order valence-corrected chi connectivity index (χ4v) is 9.07. The highest BCUT2D eigenvalue weighted by atomic mass is 35.5. The summed E-state index contributed by atoms with van der Waals surface area (Å²) in [5.74, 6) is -12.0. The zero-order chi connectivity index (χ0) is 69.1. The van der Waals surface area contributed by atoms with Crippen molar-refractivity contribution >= 4 is 61.3 Å². The molecule has 0 saturated carbocycles. The van der Waals surface area contributed by atoms with Crippen molar-refractivity contribution < 1.29 is 67.3 Å². The largest absolute Gasteiger partial charge is 0.487 e. The van der Waals surface area contributed by atoms with Gasteiger partial charge in [-0.1, -0.05) is 42.8 Å². The number of aromatic nitrogens is 10. The number of H-pyrrole nitrogens is 2. The lowest BCUT2D eigenvalue weighted by atomic mass is 10.2. The molecule has 6 aromatic heterocycles. The van der Waals surface area contributed by atoms with E-state index in [1.807, 2.05) is 6.07 Å². The van der Waals surface area contributed by atoms with Gasteiger partial charge in [-0.25, -0.2) is 38.7 Å². The van der Waals surface area contributed by atoms with Crippen molar-refractivity contribution in [2.75, 3.05) is 25.1 Å². The molecule has 0 aliphatic rings. The molecule has 31 heteroatoms. The van der Waals surface area contributed by atoms with E-state index in [1.165, 1.54) is 68.1 Å². The Morgan fingerprint density at radius 2 is 1.02 bits per heavy atom. The zero-order valence-corrected chi connectivity index (χ0v) is 52.3. The summed E-state index contributed by atoms with van der Waals surface area (Å²) in [6, 6.07) is 21.0. The zero-order valence-electron chi connectivity index (χ0n) is 51.6. The van der Waals surface area contributed by atoms with Crippen LogP contribution in [-0.2, 0) is 0 Å². The minimum absolute atomic E-state index is 0.00334. The first-order valence-electron chi connectivity index (χ1n) is 28.3. The maximum atomic E-state index is 14.7. The number of nitrogens with one attached hydrogen (secondary N) is 3. The number of benzene rings is 4. The molecule has 0 saturated heterocycles. The van der Waals surface area contributed by atoms with Crippen molar-refractivity contribution in [3.8, 4) is 22.9 Å². The standard InChI is InChI=1S/C25H18F6N6O2.C19H15F6N3O2.C8H19N.C6H4ClN3.C4H10O/c1-13(35-21-16-8-9-32-20(16)33-12-34-21)22-36-18-7-3-6-17(26)19(18)23(38)37(22)14-4-2-5-15(10-14)39-11-24(27,28)25(29,30)31;1-10(26)16-27-14-7-3-6-13(20)15(14)17(29)28(16)11-4-2-5-12(8-11)30-9-18(21,22)19(23,24)25;1-6-9(7(2)3)8(4)5;7-5-4-1-2-8-6(4)10-3-9-5;1-4(2,3)5/h2-10,12-13H,11H2,1H3,(H2,32,33,34,35);2-8,10H,9,26H2,1H3;7-8H,6H2,1-5H3;1-3H,(H,8,9,10);5H,1-3H3/t13-;10-;;;/m00.../s1. The molecule has 0 fully saturated rings. The summed E-state index contributed by atoms with van der Waals surface area (Å²) < 4.78 is 168. The molecule has 0 radical (unpaired) electrons. The summed E-state index contributed by atoms with van der Waals surface area (Å²) in [6.45, 7) is 16.8. The molecule has 0 aliphatic heterocycles. The lowest BCUT2D eigenvalue weighted by Crippen LogP contribution is -2.41. The van der Waals surface area contributed by atoms with Crippen molar-refractivity contribution in [3.63, 3.8) is 0 Å².